The van der Waals surface area contributed by atoms with Crippen LogP contribution in [-0.4, -0.2) is 35.4 Å². The molecule has 1 aliphatic rings. The average molecular weight is 375 g/mol. The molecule has 2 N–H and O–H groups in total. The number of halogens is 1. The summed E-state index contributed by atoms with van der Waals surface area (Å²) in [5, 5.41) is 27.8. The number of nitrogens with zero attached hydrogens (tertiary/aromatic N) is 7. The molecule has 3 heterocycles. The molecule has 1 aromatic carbocycles. The van der Waals surface area contributed by atoms with Gasteiger partial charge in [-0.2, -0.15) is 9.78 Å². The van der Waals surface area contributed by atoms with Crippen molar-refractivity contribution in [3.8, 4) is 11.8 Å². The second kappa shape index (κ2) is 6.31. The number of rotatable bonds is 5. The molecule has 1 fully saturated rings. The third-order valence-electron chi connectivity index (χ3n) is 4.43. The molecule has 3 aromatic heterocycles. The van der Waals surface area contributed by atoms with E-state index in [1.807, 2.05) is 6.07 Å². The third kappa shape index (κ3) is 2.88. The van der Waals surface area contributed by atoms with Gasteiger partial charge in [-0.15, -0.1) is 15.3 Å². The maximum Gasteiger partial charge on any atom is 0.178 e. The molecule has 1 aliphatic carbocycles. The highest BCUT2D eigenvalue weighted by Gasteiger charge is 2.23. The van der Waals surface area contributed by atoms with E-state index in [1.54, 1.807) is 12.1 Å². The van der Waals surface area contributed by atoms with E-state index in [-0.39, 0.29) is 0 Å². The van der Waals surface area contributed by atoms with E-state index in [0.717, 1.165) is 18.5 Å². The van der Waals surface area contributed by atoms with Crippen LogP contribution in [0.4, 0.5) is 21.6 Å². The highest BCUT2D eigenvalue weighted by Crippen LogP contribution is 2.29. The Balaban J connectivity index is 1.54. The lowest BCUT2D eigenvalue weighted by Gasteiger charge is -2.12. The van der Waals surface area contributed by atoms with Crippen LogP contribution in [0.3, 0.4) is 0 Å². The molecule has 0 atom stereocenters. The predicted octanol–water partition coefficient (Wildman–Crippen LogP) is 2.64. The van der Waals surface area contributed by atoms with E-state index < -0.39 is 5.82 Å². The van der Waals surface area contributed by atoms with Gasteiger partial charge in [-0.3, -0.25) is 4.57 Å². The van der Waals surface area contributed by atoms with Crippen LogP contribution in [-0.2, 0) is 0 Å². The fourth-order valence-corrected chi connectivity index (χ4v) is 2.92. The Bertz CT molecular complexity index is 1200. The summed E-state index contributed by atoms with van der Waals surface area (Å²) in [6, 6.07) is 8.94. The highest BCUT2D eigenvalue weighted by atomic mass is 19.1. The number of anilines is 3. The smallest absolute Gasteiger partial charge is 0.178 e. The van der Waals surface area contributed by atoms with Gasteiger partial charge in [0.1, 0.15) is 24.5 Å². The molecule has 0 bridgehead atoms. The van der Waals surface area contributed by atoms with Crippen LogP contribution in [0.15, 0.2) is 43.1 Å². The number of hydrogen-bond acceptors (Lipinski definition) is 7. The van der Waals surface area contributed by atoms with Crippen LogP contribution in [0.5, 0.6) is 0 Å². The monoisotopic (exact) mass is 375 g/mol. The Morgan fingerprint density at radius 3 is 2.75 bits per heavy atom. The van der Waals surface area contributed by atoms with E-state index in [2.05, 4.69) is 37.0 Å². The summed E-state index contributed by atoms with van der Waals surface area (Å²) in [5.74, 6) is 0.109. The molecule has 0 aliphatic heterocycles. The summed E-state index contributed by atoms with van der Waals surface area (Å²) < 4.78 is 17.2. The fourth-order valence-electron chi connectivity index (χ4n) is 2.92. The Hall–Kier alpha value is -4.00. The van der Waals surface area contributed by atoms with Crippen molar-refractivity contribution < 1.29 is 4.39 Å². The first-order valence-corrected chi connectivity index (χ1v) is 8.68. The van der Waals surface area contributed by atoms with Crippen molar-refractivity contribution >= 4 is 22.8 Å². The first kappa shape index (κ1) is 16.2. The maximum absolute atomic E-state index is 14.2. The van der Waals surface area contributed by atoms with Gasteiger partial charge in [0.25, 0.3) is 0 Å². The zero-order valence-corrected chi connectivity index (χ0v) is 14.5. The van der Waals surface area contributed by atoms with Crippen molar-refractivity contribution in [1.82, 2.24) is 29.4 Å². The van der Waals surface area contributed by atoms with Gasteiger partial charge < -0.3 is 10.6 Å². The lowest BCUT2D eigenvalue weighted by molar-refractivity contribution is 0.618. The molecule has 10 heteroatoms. The molecule has 0 spiro atoms. The van der Waals surface area contributed by atoms with Crippen molar-refractivity contribution in [2.75, 3.05) is 10.6 Å². The Morgan fingerprint density at radius 1 is 1.18 bits per heavy atom. The molecule has 1 saturated carbocycles. The third-order valence-corrected chi connectivity index (χ3v) is 4.43. The summed E-state index contributed by atoms with van der Waals surface area (Å²) in [6.07, 6.45) is 6.54. The first-order valence-electron chi connectivity index (χ1n) is 8.68. The minimum Gasteiger partial charge on any atom is -0.379 e. The van der Waals surface area contributed by atoms with Gasteiger partial charge in [-0.25, -0.2) is 9.37 Å². The zero-order valence-electron chi connectivity index (χ0n) is 14.5. The Labute approximate surface area is 158 Å². The average Bonchev–Trinajstić information content (AvgIpc) is 3.18. The van der Waals surface area contributed by atoms with Crippen molar-refractivity contribution in [2.24, 2.45) is 0 Å². The van der Waals surface area contributed by atoms with Gasteiger partial charge >= 0.3 is 0 Å². The van der Waals surface area contributed by atoms with Gasteiger partial charge in [-0.1, -0.05) is 0 Å². The van der Waals surface area contributed by atoms with E-state index in [4.69, 9.17) is 0 Å². The number of nitriles is 1. The second-order valence-electron chi connectivity index (χ2n) is 6.51. The maximum atomic E-state index is 14.2. The van der Waals surface area contributed by atoms with Crippen molar-refractivity contribution in [2.45, 2.75) is 18.9 Å². The van der Waals surface area contributed by atoms with Crippen LogP contribution < -0.4 is 10.6 Å². The molecule has 5 rings (SSSR count). The molecular formula is C18H14FN9. The summed E-state index contributed by atoms with van der Waals surface area (Å²) in [7, 11) is 0. The van der Waals surface area contributed by atoms with Gasteiger partial charge in [0.05, 0.1) is 17.6 Å². The first-order chi connectivity index (χ1) is 13.7. The second-order valence-corrected chi connectivity index (χ2v) is 6.51. The highest BCUT2D eigenvalue weighted by molar-refractivity contribution is 5.73. The van der Waals surface area contributed by atoms with E-state index in [9.17, 15) is 9.65 Å². The Morgan fingerprint density at radius 2 is 2.00 bits per heavy atom. The molecule has 28 heavy (non-hydrogen) atoms. The van der Waals surface area contributed by atoms with Gasteiger partial charge in [0, 0.05) is 17.8 Å². The largest absolute Gasteiger partial charge is 0.379 e. The number of hydrogen-bond donors (Lipinski definition) is 2. The molecule has 0 radical (unpaired) electrons. The lowest BCUT2D eigenvalue weighted by atomic mass is 10.2. The summed E-state index contributed by atoms with van der Waals surface area (Å²) >= 11 is 0. The van der Waals surface area contributed by atoms with Gasteiger partial charge in [0.2, 0.25) is 0 Å². The van der Waals surface area contributed by atoms with E-state index >= 15 is 0 Å². The Kier molecular flexibility index (Phi) is 3.65. The standard InChI is InChI=1S/C18H14FN9/c19-14-4-3-12(5-16(14)27-9-22-23-10-27)25-17-6-15(24-11-1-2-11)18-21-8-13(7-20)28(18)26-17/h3-6,8-11,24H,1-2H2,(H,25,26). The topological polar surface area (TPSA) is 109 Å². The molecule has 9 nitrogen and oxygen atoms in total. The normalized spacial score (nSPS) is 13.4. The lowest BCUT2D eigenvalue weighted by Crippen LogP contribution is -2.08. The number of benzene rings is 1. The predicted molar refractivity (Wildman–Crippen MR) is 98.9 cm³/mol. The molecule has 0 unspecified atom stereocenters. The van der Waals surface area contributed by atoms with Crippen molar-refractivity contribution in [1.29, 1.82) is 5.26 Å². The van der Waals surface area contributed by atoms with Crippen LogP contribution in [0.25, 0.3) is 11.3 Å². The minimum absolute atomic E-state index is 0.313. The van der Waals surface area contributed by atoms with Crippen LogP contribution >= 0.6 is 0 Å². The number of imidazole rings is 1. The van der Waals surface area contributed by atoms with Crippen LogP contribution in [0.2, 0.25) is 0 Å². The fraction of sp³-hybridized carbons (Fsp3) is 0.167. The zero-order chi connectivity index (χ0) is 19.1. The van der Waals surface area contributed by atoms with Crippen molar-refractivity contribution in [3.05, 3.63) is 54.6 Å². The van der Waals surface area contributed by atoms with Crippen LogP contribution in [0, 0.1) is 17.1 Å². The van der Waals surface area contributed by atoms with Gasteiger partial charge in [-0.05, 0) is 31.0 Å². The minimum atomic E-state index is -0.397. The molecule has 4 aromatic rings. The molecule has 0 saturated heterocycles. The SMILES string of the molecule is N#Cc1cnc2c(NC3CC3)cc(Nc3ccc(F)c(-n4cnnc4)c3)nn12. The van der Waals surface area contributed by atoms with Crippen LogP contribution in [0.1, 0.15) is 18.5 Å². The molecular weight excluding hydrogens is 361 g/mol. The number of aromatic nitrogens is 6. The molecule has 0 amide bonds. The van der Waals surface area contributed by atoms with E-state index in [0.29, 0.717) is 34.6 Å². The quantitative estimate of drug-likeness (QED) is 0.552. The van der Waals surface area contributed by atoms with E-state index in [1.165, 1.54) is 34.0 Å². The molecule has 138 valence electrons. The summed E-state index contributed by atoms with van der Waals surface area (Å²) in [4.78, 5) is 4.30. The van der Waals surface area contributed by atoms with Crippen molar-refractivity contribution in [3.63, 3.8) is 0 Å². The number of fused-ring (bicyclic) bond motifs is 1. The summed E-state index contributed by atoms with van der Waals surface area (Å²) in [6.45, 7) is 0. The number of nitrogens with one attached hydrogen (secondary N) is 2. The summed E-state index contributed by atoms with van der Waals surface area (Å²) in [5.41, 5.74) is 2.67. The van der Waals surface area contributed by atoms with Gasteiger partial charge in [0.15, 0.2) is 17.2 Å².